The monoisotopic (exact) mass is 523 g/mol. The van der Waals surface area contributed by atoms with Crippen molar-refractivity contribution in [2.45, 2.75) is 85.2 Å². The first-order valence-corrected chi connectivity index (χ1v) is 13.7. The number of carbonyl (C=O) groups excluding carboxylic acids is 2. The van der Waals surface area contributed by atoms with Crippen molar-refractivity contribution < 1.29 is 19.1 Å². The number of hydrogen-bond donors (Lipinski definition) is 1. The second-order valence-corrected chi connectivity index (χ2v) is 11.6. The number of rotatable bonds is 11. The summed E-state index contributed by atoms with van der Waals surface area (Å²) in [5.41, 5.74) is 2.50. The van der Waals surface area contributed by atoms with E-state index in [1.807, 2.05) is 74.2 Å². The van der Waals surface area contributed by atoms with Crippen LogP contribution in [0.15, 0.2) is 48.5 Å². The fraction of sp³-hybridized carbons (Fsp3) is 0.548. The number of amides is 1. The lowest BCUT2D eigenvalue weighted by Gasteiger charge is -2.37. The average molecular weight is 524 g/mol. The fourth-order valence-electron chi connectivity index (χ4n) is 5.02. The van der Waals surface area contributed by atoms with Crippen molar-refractivity contribution in [2.24, 2.45) is 0 Å². The van der Waals surface area contributed by atoms with Crippen LogP contribution in [0.4, 0.5) is 0 Å². The molecule has 3 rings (SSSR count). The van der Waals surface area contributed by atoms with Crippen LogP contribution in [0.2, 0.25) is 0 Å². The molecule has 0 saturated heterocycles. The molecule has 0 aromatic heterocycles. The maximum absolute atomic E-state index is 13.6. The molecule has 7 nitrogen and oxygen atoms in total. The molecule has 0 radical (unpaired) electrons. The fourth-order valence-corrected chi connectivity index (χ4v) is 5.02. The van der Waals surface area contributed by atoms with Crippen molar-refractivity contribution in [2.75, 3.05) is 26.2 Å². The first-order valence-electron chi connectivity index (χ1n) is 13.7. The minimum absolute atomic E-state index is 0.0607. The number of hydrogen-bond acceptors (Lipinski definition) is 6. The number of benzene rings is 2. The molecule has 0 bridgehead atoms. The Labute approximate surface area is 228 Å². The second kappa shape index (κ2) is 13.3. The smallest absolute Gasteiger partial charge is 0.320 e. The highest BCUT2D eigenvalue weighted by atomic mass is 16.6. The molecule has 1 aliphatic rings. The van der Waals surface area contributed by atoms with E-state index in [2.05, 4.69) is 37.9 Å². The standard InChI is InChI=1S/C31H45N3O4/c1-22(2)34(23(3)4)18-16-32-30(36)29-27-14-13-26(37-21-24-11-9-8-10-12-24)19-25(27)15-17-33(29)20-28(35)38-31(5,6)7/h8-14,19,22-23,29H,15-18,20-21H2,1-7H3,(H,32,36). The average Bonchev–Trinajstić information content (AvgIpc) is 2.84. The van der Waals surface area contributed by atoms with Crippen LogP contribution in [0.25, 0.3) is 0 Å². The van der Waals surface area contributed by atoms with Crippen molar-refractivity contribution in [1.82, 2.24) is 15.1 Å². The number of nitrogens with one attached hydrogen (secondary N) is 1. The summed E-state index contributed by atoms with van der Waals surface area (Å²) >= 11 is 0. The first-order chi connectivity index (χ1) is 17.9. The van der Waals surface area contributed by atoms with Crippen LogP contribution in [0.1, 0.15) is 71.2 Å². The van der Waals surface area contributed by atoms with E-state index in [-0.39, 0.29) is 18.4 Å². The second-order valence-electron chi connectivity index (χ2n) is 11.6. The minimum atomic E-state index is -0.579. The SMILES string of the molecule is CC(C)N(CCNC(=O)C1c2ccc(OCc3ccccc3)cc2CCN1CC(=O)OC(C)(C)C)C(C)C. The van der Waals surface area contributed by atoms with Gasteiger partial charge in [-0.1, -0.05) is 36.4 Å². The van der Waals surface area contributed by atoms with Crippen molar-refractivity contribution in [3.8, 4) is 5.75 Å². The van der Waals surface area contributed by atoms with Crippen molar-refractivity contribution >= 4 is 11.9 Å². The van der Waals surface area contributed by atoms with Gasteiger partial charge in [0, 0.05) is 31.7 Å². The maximum atomic E-state index is 13.6. The minimum Gasteiger partial charge on any atom is -0.489 e. The molecule has 0 aliphatic carbocycles. The van der Waals surface area contributed by atoms with Gasteiger partial charge >= 0.3 is 5.97 Å². The van der Waals surface area contributed by atoms with Crippen molar-refractivity contribution in [3.63, 3.8) is 0 Å². The summed E-state index contributed by atoms with van der Waals surface area (Å²) < 4.78 is 11.6. The van der Waals surface area contributed by atoms with Gasteiger partial charge in [-0.15, -0.1) is 0 Å². The highest BCUT2D eigenvalue weighted by Crippen LogP contribution is 2.33. The van der Waals surface area contributed by atoms with Crippen molar-refractivity contribution in [1.29, 1.82) is 0 Å². The quantitative estimate of drug-likeness (QED) is 0.429. The highest BCUT2D eigenvalue weighted by molar-refractivity contribution is 5.85. The summed E-state index contributed by atoms with van der Waals surface area (Å²) in [7, 11) is 0. The zero-order valence-electron chi connectivity index (χ0n) is 24.1. The van der Waals surface area contributed by atoms with Crippen LogP contribution in [0.5, 0.6) is 5.75 Å². The summed E-state index contributed by atoms with van der Waals surface area (Å²) in [6.45, 7) is 16.7. The van der Waals surface area contributed by atoms with E-state index in [1.54, 1.807) is 0 Å². The summed E-state index contributed by atoms with van der Waals surface area (Å²) in [6.07, 6.45) is 0.721. The molecule has 208 valence electrons. The van der Waals surface area contributed by atoms with Gasteiger partial charge in [0.05, 0.1) is 6.54 Å². The maximum Gasteiger partial charge on any atom is 0.320 e. The zero-order valence-corrected chi connectivity index (χ0v) is 24.1. The molecule has 0 fully saturated rings. The van der Waals surface area contributed by atoms with E-state index >= 15 is 0 Å². The van der Waals surface area contributed by atoms with Gasteiger partial charge in [-0.25, -0.2) is 0 Å². The Morgan fingerprint density at radius 3 is 2.37 bits per heavy atom. The Bertz CT molecular complexity index is 1050. The van der Waals surface area contributed by atoms with Crippen LogP contribution >= 0.6 is 0 Å². The van der Waals surface area contributed by atoms with Gasteiger partial charge in [0.25, 0.3) is 0 Å². The molecular formula is C31H45N3O4. The lowest BCUT2D eigenvalue weighted by molar-refractivity contribution is -0.157. The number of ether oxygens (including phenoxy) is 2. The van der Waals surface area contributed by atoms with Gasteiger partial charge in [-0.2, -0.15) is 0 Å². The van der Waals surface area contributed by atoms with Gasteiger partial charge in [-0.05, 0) is 83.7 Å². The van der Waals surface area contributed by atoms with E-state index in [1.165, 1.54) is 0 Å². The molecular weight excluding hydrogens is 478 g/mol. The molecule has 2 aromatic carbocycles. The Morgan fingerprint density at radius 2 is 1.74 bits per heavy atom. The van der Waals surface area contributed by atoms with Gasteiger partial charge in [-0.3, -0.25) is 19.4 Å². The van der Waals surface area contributed by atoms with E-state index in [0.717, 1.165) is 35.4 Å². The van der Waals surface area contributed by atoms with E-state index < -0.39 is 11.6 Å². The molecule has 1 heterocycles. The van der Waals surface area contributed by atoms with Gasteiger partial charge in [0.15, 0.2) is 0 Å². The van der Waals surface area contributed by atoms with Crippen molar-refractivity contribution in [3.05, 3.63) is 65.2 Å². The molecule has 0 spiro atoms. The molecule has 1 aliphatic heterocycles. The molecule has 1 atom stereocenters. The van der Waals surface area contributed by atoms with E-state index in [0.29, 0.717) is 31.8 Å². The van der Waals surface area contributed by atoms with Crippen LogP contribution in [-0.2, 0) is 27.4 Å². The lowest BCUT2D eigenvalue weighted by atomic mass is 9.91. The number of carbonyl (C=O) groups is 2. The van der Waals surface area contributed by atoms with Crippen LogP contribution in [-0.4, -0.2) is 65.5 Å². The Kier molecular flexibility index (Phi) is 10.3. The normalized spacial score (nSPS) is 16.0. The highest BCUT2D eigenvalue weighted by Gasteiger charge is 2.35. The third kappa shape index (κ3) is 8.57. The Balaban J connectivity index is 1.77. The van der Waals surface area contributed by atoms with Crippen LogP contribution < -0.4 is 10.1 Å². The third-order valence-electron chi connectivity index (χ3n) is 6.69. The predicted octanol–water partition coefficient (Wildman–Crippen LogP) is 4.74. The molecule has 7 heteroatoms. The summed E-state index contributed by atoms with van der Waals surface area (Å²) in [5, 5.41) is 3.14. The largest absolute Gasteiger partial charge is 0.489 e. The predicted molar refractivity (Wildman–Crippen MR) is 151 cm³/mol. The van der Waals surface area contributed by atoms with Gasteiger partial charge < -0.3 is 14.8 Å². The van der Waals surface area contributed by atoms with Crippen LogP contribution in [0.3, 0.4) is 0 Å². The third-order valence-corrected chi connectivity index (χ3v) is 6.69. The topological polar surface area (TPSA) is 71.1 Å². The number of fused-ring (bicyclic) bond motifs is 1. The van der Waals surface area contributed by atoms with E-state index in [9.17, 15) is 9.59 Å². The first kappa shape index (κ1) is 29.7. The van der Waals surface area contributed by atoms with Crippen LogP contribution in [0, 0.1) is 0 Å². The van der Waals surface area contributed by atoms with E-state index in [4.69, 9.17) is 9.47 Å². The molecule has 38 heavy (non-hydrogen) atoms. The summed E-state index contributed by atoms with van der Waals surface area (Å²) in [4.78, 5) is 30.6. The number of esters is 1. The van der Waals surface area contributed by atoms with Gasteiger partial charge in [0.1, 0.15) is 24.0 Å². The molecule has 1 unspecified atom stereocenters. The Morgan fingerprint density at radius 1 is 1.05 bits per heavy atom. The summed E-state index contributed by atoms with van der Waals surface area (Å²) in [5.74, 6) is 0.351. The molecule has 1 amide bonds. The lowest BCUT2D eigenvalue weighted by Crippen LogP contribution is -2.49. The Hall–Kier alpha value is -2.90. The molecule has 2 aromatic rings. The summed E-state index contributed by atoms with van der Waals surface area (Å²) in [6, 6.07) is 16.2. The van der Waals surface area contributed by atoms with Gasteiger partial charge in [0.2, 0.25) is 5.91 Å². The molecule has 0 saturated carbocycles. The number of nitrogens with zero attached hydrogens (tertiary/aromatic N) is 2. The zero-order chi connectivity index (χ0) is 27.9. The molecule has 1 N–H and O–H groups in total.